The third kappa shape index (κ3) is 3.78. The van der Waals surface area contributed by atoms with Gasteiger partial charge in [0.25, 0.3) is 0 Å². The highest BCUT2D eigenvalue weighted by atomic mass is 35.5. The lowest BCUT2D eigenvalue weighted by atomic mass is 10.1. The zero-order chi connectivity index (χ0) is 20.5. The summed E-state index contributed by atoms with van der Waals surface area (Å²) in [6, 6.07) is 16.9. The fourth-order valence-corrected chi connectivity index (χ4v) is 3.92. The molecule has 4 aromatic rings. The van der Waals surface area contributed by atoms with E-state index >= 15 is 0 Å². The van der Waals surface area contributed by atoms with Crippen molar-refractivity contribution in [2.24, 2.45) is 0 Å². The number of halogens is 2. The molecule has 6 heteroatoms. The second kappa shape index (κ2) is 7.97. The van der Waals surface area contributed by atoms with Gasteiger partial charge in [0.05, 0.1) is 22.4 Å². The van der Waals surface area contributed by atoms with Gasteiger partial charge in [-0.05, 0) is 68.4 Å². The normalized spacial score (nSPS) is 11.2. The van der Waals surface area contributed by atoms with Crippen molar-refractivity contribution in [3.8, 4) is 5.75 Å². The first kappa shape index (κ1) is 19.6. The minimum Gasteiger partial charge on any atom is -0.506 e. The molecular formula is C23H21Cl2N3O. The lowest BCUT2D eigenvalue weighted by molar-refractivity contribution is 0.474. The lowest BCUT2D eigenvalue weighted by Crippen LogP contribution is -2.21. The summed E-state index contributed by atoms with van der Waals surface area (Å²) >= 11 is 12.4. The van der Waals surface area contributed by atoms with Crippen molar-refractivity contribution in [3.05, 3.63) is 64.6 Å². The first-order chi connectivity index (χ1) is 14.0. The number of rotatable bonds is 5. The van der Waals surface area contributed by atoms with Crippen LogP contribution in [0.5, 0.6) is 5.75 Å². The van der Waals surface area contributed by atoms with Crippen molar-refractivity contribution >= 4 is 62.1 Å². The molecule has 4 rings (SSSR count). The second-order valence-electron chi connectivity index (χ2n) is 6.81. The number of aromatic nitrogens is 1. The predicted octanol–water partition coefficient (Wildman–Crippen LogP) is 6.99. The van der Waals surface area contributed by atoms with Gasteiger partial charge in [0.2, 0.25) is 0 Å². The maximum absolute atomic E-state index is 10.3. The molecule has 3 aromatic carbocycles. The molecule has 1 heterocycles. The summed E-state index contributed by atoms with van der Waals surface area (Å²) in [7, 11) is 0. The van der Waals surface area contributed by atoms with Crippen LogP contribution >= 0.6 is 23.2 Å². The highest BCUT2D eigenvalue weighted by molar-refractivity contribution is 6.32. The van der Waals surface area contributed by atoms with E-state index in [2.05, 4.69) is 24.1 Å². The van der Waals surface area contributed by atoms with Crippen LogP contribution in [0, 0.1) is 0 Å². The van der Waals surface area contributed by atoms with E-state index in [1.54, 1.807) is 6.07 Å². The van der Waals surface area contributed by atoms with Crippen LogP contribution < -0.4 is 10.2 Å². The second-order valence-corrected chi connectivity index (χ2v) is 7.68. The largest absolute Gasteiger partial charge is 0.506 e. The molecule has 0 fully saturated rings. The fourth-order valence-electron chi connectivity index (χ4n) is 3.59. The van der Waals surface area contributed by atoms with E-state index in [9.17, 15) is 5.11 Å². The molecule has 0 spiro atoms. The molecule has 0 amide bonds. The number of hydrogen-bond donors (Lipinski definition) is 2. The Labute approximate surface area is 179 Å². The predicted molar refractivity (Wildman–Crippen MR) is 124 cm³/mol. The minimum absolute atomic E-state index is 0.266. The molecule has 0 saturated carbocycles. The topological polar surface area (TPSA) is 48.4 Å². The minimum atomic E-state index is 0.266. The molecule has 0 aliphatic rings. The van der Waals surface area contributed by atoms with E-state index in [1.165, 1.54) is 0 Å². The molecule has 0 aliphatic heterocycles. The quantitative estimate of drug-likeness (QED) is 0.267. The first-order valence-corrected chi connectivity index (χ1v) is 10.3. The number of nitrogens with zero attached hydrogens (tertiary/aromatic N) is 2. The van der Waals surface area contributed by atoms with Gasteiger partial charge in [0.15, 0.2) is 0 Å². The van der Waals surface area contributed by atoms with E-state index in [1.807, 2.05) is 48.5 Å². The van der Waals surface area contributed by atoms with Gasteiger partial charge in [-0.15, -0.1) is 0 Å². The van der Waals surface area contributed by atoms with Gasteiger partial charge in [0.1, 0.15) is 5.75 Å². The number of benzene rings is 3. The Morgan fingerprint density at radius 1 is 0.862 bits per heavy atom. The number of hydrogen-bond acceptors (Lipinski definition) is 4. The third-order valence-corrected chi connectivity index (χ3v) is 5.52. The van der Waals surface area contributed by atoms with Crippen molar-refractivity contribution in [1.82, 2.24) is 4.98 Å². The van der Waals surface area contributed by atoms with Crippen molar-refractivity contribution in [1.29, 1.82) is 0 Å². The molecule has 0 bridgehead atoms. The van der Waals surface area contributed by atoms with Crippen LogP contribution in [0.25, 0.3) is 21.8 Å². The number of anilines is 3. The van der Waals surface area contributed by atoms with Gasteiger partial charge in [-0.1, -0.05) is 23.2 Å². The van der Waals surface area contributed by atoms with Crippen molar-refractivity contribution < 1.29 is 5.11 Å². The van der Waals surface area contributed by atoms with E-state index < -0.39 is 0 Å². The zero-order valence-corrected chi connectivity index (χ0v) is 17.7. The summed E-state index contributed by atoms with van der Waals surface area (Å²) in [5.74, 6) is 0.266. The van der Waals surface area contributed by atoms with Crippen LogP contribution in [0.3, 0.4) is 0 Å². The Morgan fingerprint density at radius 2 is 1.45 bits per heavy atom. The van der Waals surface area contributed by atoms with Gasteiger partial charge in [-0.2, -0.15) is 0 Å². The number of phenols is 1. The summed E-state index contributed by atoms with van der Waals surface area (Å²) in [6.07, 6.45) is 0. The molecule has 0 aliphatic carbocycles. The van der Waals surface area contributed by atoms with Crippen LogP contribution in [0.4, 0.5) is 17.1 Å². The SMILES string of the molecule is CCN(CC)c1cc(Nc2c3ccc(Cl)cc3nc3cc(Cl)ccc23)ccc1O. The Balaban J connectivity index is 1.90. The summed E-state index contributed by atoms with van der Waals surface area (Å²) in [5.41, 5.74) is 4.18. The van der Waals surface area contributed by atoms with Crippen LogP contribution in [0.2, 0.25) is 10.0 Å². The summed E-state index contributed by atoms with van der Waals surface area (Å²) in [6.45, 7) is 5.76. The van der Waals surface area contributed by atoms with Gasteiger partial charge in [-0.3, -0.25) is 0 Å². The highest BCUT2D eigenvalue weighted by Crippen LogP contribution is 2.37. The van der Waals surface area contributed by atoms with Gasteiger partial charge in [-0.25, -0.2) is 4.98 Å². The van der Waals surface area contributed by atoms with E-state index in [0.29, 0.717) is 10.0 Å². The smallest absolute Gasteiger partial charge is 0.139 e. The van der Waals surface area contributed by atoms with Crippen molar-refractivity contribution in [3.63, 3.8) is 0 Å². The molecule has 1 aromatic heterocycles. The number of phenolic OH excluding ortho intramolecular Hbond substituents is 1. The third-order valence-electron chi connectivity index (χ3n) is 5.05. The first-order valence-electron chi connectivity index (χ1n) is 9.53. The Morgan fingerprint density at radius 3 is 2.00 bits per heavy atom. The van der Waals surface area contributed by atoms with Crippen molar-refractivity contribution in [2.45, 2.75) is 13.8 Å². The van der Waals surface area contributed by atoms with Crippen LogP contribution in [-0.4, -0.2) is 23.2 Å². The maximum Gasteiger partial charge on any atom is 0.139 e. The number of fused-ring (bicyclic) bond motifs is 2. The number of aromatic hydroxyl groups is 1. The van der Waals surface area contributed by atoms with Gasteiger partial charge >= 0.3 is 0 Å². The Bertz CT molecular complexity index is 1150. The molecule has 0 atom stereocenters. The summed E-state index contributed by atoms with van der Waals surface area (Å²) in [5, 5.41) is 17.0. The average molecular weight is 426 g/mol. The fraction of sp³-hybridized carbons (Fsp3) is 0.174. The molecule has 0 unspecified atom stereocenters. The van der Waals surface area contributed by atoms with E-state index in [0.717, 1.165) is 52.0 Å². The van der Waals surface area contributed by atoms with Crippen molar-refractivity contribution in [2.75, 3.05) is 23.3 Å². The molecule has 29 heavy (non-hydrogen) atoms. The molecule has 0 radical (unpaired) electrons. The maximum atomic E-state index is 10.3. The molecule has 2 N–H and O–H groups in total. The Kier molecular flexibility index (Phi) is 5.39. The van der Waals surface area contributed by atoms with Gasteiger partial charge < -0.3 is 15.3 Å². The molecular weight excluding hydrogens is 405 g/mol. The molecule has 4 nitrogen and oxygen atoms in total. The Hall–Kier alpha value is -2.69. The van der Waals surface area contributed by atoms with Crippen LogP contribution in [0.1, 0.15) is 13.8 Å². The van der Waals surface area contributed by atoms with Crippen LogP contribution in [0.15, 0.2) is 54.6 Å². The van der Waals surface area contributed by atoms with E-state index in [-0.39, 0.29) is 5.75 Å². The highest BCUT2D eigenvalue weighted by Gasteiger charge is 2.13. The summed E-state index contributed by atoms with van der Waals surface area (Å²) in [4.78, 5) is 6.84. The number of pyridine rings is 1. The van der Waals surface area contributed by atoms with Crippen LogP contribution in [-0.2, 0) is 0 Å². The average Bonchev–Trinajstić information content (AvgIpc) is 2.70. The number of nitrogens with one attached hydrogen (secondary N) is 1. The monoisotopic (exact) mass is 425 g/mol. The van der Waals surface area contributed by atoms with E-state index in [4.69, 9.17) is 28.2 Å². The molecule has 148 valence electrons. The zero-order valence-electron chi connectivity index (χ0n) is 16.2. The lowest BCUT2D eigenvalue weighted by Gasteiger charge is -2.23. The standard InChI is InChI=1S/C23H21Cl2N3O/c1-3-28(4-2)21-13-16(7-10-22(21)29)26-23-17-8-5-14(24)11-19(17)27-20-12-15(25)6-9-18(20)23/h5-13,29H,3-4H2,1-2H3,(H,26,27). The summed E-state index contributed by atoms with van der Waals surface area (Å²) < 4.78 is 0. The molecule has 0 saturated heterocycles. The van der Waals surface area contributed by atoms with Gasteiger partial charge in [0, 0.05) is 39.6 Å².